The van der Waals surface area contributed by atoms with Crippen LogP contribution in [0, 0.1) is 6.92 Å². The van der Waals surface area contributed by atoms with E-state index in [4.69, 9.17) is 0 Å². The number of aromatic nitrogens is 3. The van der Waals surface area contributed by atoms with Gasteiger partial charge in [0.25, 0.3) is 5.91 Å². The van der Waals surface area contributed by atoms with Gasteiger partial charge in [-0.1, -0.05) is 11.3 Å². The fraction of sp³-hybridized carbons (Fsp3) is 0.214. The summed E-state index contributed by atoms with van der Waals surface area (Å²) in [7, 11) is -1.53. The number of rotatable bonds is 3. The van der Waals surface area contributed by atoms with Gasteiger partial charge in [0.15, 0.2) is 20.7 Å². The molecule has 2 aromatic heterocycles. The molecule has 2 heterocycles. The van der Waals surface area contributed by atoms with E-state index in [2.05, 4.69) is 15.4 Å². The molecule has 3 aromatic rings. The average molecular weight is 350 g/mol. The summed E-state index contributed by atoms with van der Waals surface area (Å²) in [6.45, 7) is 1.80. The summed E-state index contributed by atoms with van der Waals surface area (Å²) in [5.74, 6) is -0.342. The van der Waals surface area contributed by atoms with Gasteiger partial charge in [-0.2, -0.15) is 5.10 Å². The molecule has 1 amide bonds. The molecule has 120 valence electrons. The zero-order valence-electron chi connectivity index (χ0n) is 12.7. The van der Waals surface area contributed by atoms with Gasteiger partial charge >= 0.3 is 0 Å². The smallest absolute Gasteiger partial charge is 0.278 e. The van der Waals surface area contributed by atoms with Gasteiger partial charge in [0.1, 0.15) is 0 Å². The third kappa shape index (κ3) is 3.10. The molecule has 0 saturated heterocycles. The van der Waals surface area contributed by atoms with E-state index in [9.17, 15) is 13.2 Å². The fourth-order valence-corrected chi connectivity index (χ4v) is 3.80. The van der Waals surface area contributed by atoms with E-state index in [0.717, 1.165) is 11.8 Å². The lowest BCUT2D eigenvalue weighted by molar-refractivity contribution is 0.102. The Balaban J connectivity index is 1.92. The Bertz CT molecular complexity index is 1020. The van der Waals surface area contributed by atoms with Gasteiger partial charge in [0.05, 0.1) is 15.1 Å². The van der Waals surface area contributed by atoms with Gasteiger partial charge < -0.3 is 0 Å². The Morgan fingerprint density at radius 1 is 1.35 bits per heavy atom. The summed E-state index contributed by atoms with van der Waals surface area (Å²) < 4.78 is 25.4. The first-order chi connectivity index (χ1) is 10.7. The SMILES string of the molecule is Cc1cn(C)nc1C(=O)Nc1nc2ccc(S(C)(=O)=O)cc2s1. The van der Waals surface area contributed by atoms with Gasteiger partial charge in [-0.25, -0.2) is 13.4 Å². The first-order valence-electron chi connectivity index (χ1n) is 6.66. The number of anilines is 1. The maximum absolute atomic E-state index is 12.2. The molecule has 1 aromatic carbocycles. The molecule has 0 aliphatic carbocycles. The Kier molecular flexibility index (Phi) is 3.69. The molecule has 0 spiro atoms. The van der Waals surface area contributed by atoms with Crippen molar-refractivity contribution in [3.63, 3.8) is 0 Å². The van der Waals surface area contributed by atoms with Gasteiger partial charge in [0.2, 0.25) is 0 Å². The molecule has 0 saturated carbocycles. The molecule has 9 heteroatoms. The lowest BCUT2D eigenvalue weighted by Gasteiger charge is -1.98. The minimum absolute atomic E-state index is 0.229. The molecule has 23 heavy (non-hydrogen) atoms. The normalized spacial score (nSPS) is 11.8. The van der Waals surface area contributed by atoms with Crippen LogP contribution in [-0.4, -0.2) is 35.3 Å². The van der Waals surface area contributed by atoms with Crippen molar-refractivity contribution in [3.8, 4) is 0 Å². The topological polar surface area (TPSA) is 93.9 Å². The third-order valence-electron chi connectivity index (χ3n) is 3.24. The van der Waals surface area contributed by atoms with Crippen LogP contribution in [0.2, 0.25) is 0 Å². The molecule has 1 N–H and O–H groups in total. The van der Waals surface area contributed by atoms with Crippen LogP contribution >= 0.6 is 11.3 Å². The number of carbonyl (C=O) groups excluding carboxylic acids is 1. The number of amides is 1. The van der Waals surface area contributed by atoms with E-state index in [1.165, 1.54) is 17.4 Å². The number of hydrogen-bond donors (Lipinski definition) is 1. The number of benzene rings is 1. The standard InChI is InChI=1S/C14H14N4O3S2/c1-8-7-18(2)17-12(8)13(19)16-14-15-10-5-4-9(23(3,20)21)6-11(10)22-14/h4-7H,1-3H3,(H,15,16,19). The van der Waals surface area contributed by atoms with Gasteiger partial charge in [-0.15, -0.1) is 0 Å². The molecule has 0 bridgehead atoms. The number of nitrogens with zero attached hydrogens (tertiary/aromatic N) is 3. The van der Waals surface area contributed by atoms with Crippen molar-refractivity contribution in [2.45, 2.75) is 11.8 Å². The molecule has 0 aliphatic heterocycles. The van der Waals surface area contributed by atoms with Crippen molar-refractivity contribution in [3.05, 3.63) is 35.7 Å². The number of fused-ring (bicyclic) bond motifs is 1. The third-order valence-corrected chi connectivity index (χ3v) is 5.28. The van der Waals surface area contributed by atoms with E-state index in [-0.39, 0.29) is 10.8 Å². The van der Waals surface area contributed by atoms with E-state index in [1.807, 2.05) is 0 Å². The van der Waals surface area contributed by atoms with Crippen LogP contribution in [-0.2, 0) is 16.9 Å². The highest BCUT2D eigenvalue weighted by atomic mass is 32.2. The zero-order chi connectivity index (χ0) is 16.8. The van der Waals surface area contributed by atoms with Crippen LogP contribution in [0.15, 0.2) is 29.3 Å². The quantitative estimate of drug-likeness (QED) is 0.780. The Labute approximate surface area is 136 Å². The second-order valence-corrected chi connectivity index (χ2v) is 8.26. The first kappa shape index (κ1) is 15.6. The number of sulfone groups is 1. The molecule has 0 radical (unpaired) electrons. The zero-order valence-corrected chi connectivity index (χ0v) is 14.3. The van der Waals surface area contributed by atoms with Crippen LogP contribution in [0.1, 0.15) is 16.1 Å². The van der Waals surface area contributed by atoms with Crippen molar-refractivity contribution >= 4 is 42.4 Å². The summed E-state index contributed by atoms with van der Waals surface area (Å²) in [5, 5.41) is 7.22. The maximum Gasteiger partial charge on any atom is 0.278 e. The minimum atomic E-state index is -3.28. The van der Waals surface area contributed by atoms with Crippen molar-refractivity contribution in [1.82, 2.24) is 14.8 Å². The highest BCUT2D eigenvalue weighted by Gasteiger charge is 2.16. The lowest BCUT2D eigenvalue weighted by atomic mass is 10.3. The van der Waals surface area contributed by atoms with Crippen LogP contribution < -0.4 is 5.32 Å². The van der Waals surface area contributed by atoms with Crippen LogP contribution in [0.3, 0.4) is 0 Å². The summed E-state index contributed by atoms with van der Waals surface area (Å²) in [4.78, 5) is 16.8. The Morgan fingerprint density at radius 3 is 2.70 bits per heavy atom. The average Bonchev–Trinajstić information content (AvgIpc) is 2.98. The summed E-state index contributed by atoms with van der Waals surface area (Å²) in [5.41, 5.74) is 1.74. The fourth-order valence-electron chi connectivity index (χ4n) is 2.18. The highest BCUT2D eigenvalue weighted by Crippen LogP contribution is 2.28. The number of thiazole rings is 1. The number of aryl methyl sites for hydroxylation is 2. The molecule has 0 aliphatic rings. The number of hydrogen-bond acceptors (Lipinski definition) is 6. The first-order valence-corrected chi connectivity index (χ1v) is 9.37. The predicted octanol–water partition coefficient (Wildman–Crippen LogP) is 1.99. The molecule has 3 rings (SSSR count). The monoisotopic (exact) mass is 350 g/mol. The maximum atomic E-state index is 12.2. The molecular weight excluding hydrogens is 336 g/mol. The minimum Gasteiger partial charge on any atom is -0.296 e. The van der Waals surface area contributed by atoms with Gasteiger partial charge in [-0.05, 0) is 25.1 Å². The van der Waals surface area contributed by atoms with E-state index >= 15 is 0 Å². The molecular formula is C14H14N4O3S2. The lowest BCUT2D eigenvalue weighted by Crippen LogP contribution is -2.13. The van der Waals surface area contributed by atoms with Crippen molar-refractivity contribution in [2.24, 2.45) is 7.05 Å². The second-order valence-electron chi connectivity index (χ2n) is 5.21. The predicted molar refractivity (Wildman–Crippen MR) is 88.6 cm³/mol. The van der Waals surface area contributed by atoms with Crippen LogP contribution in [0.4, 0.5) is 5.13 Å². The Hall–Kier alpha value is -2.26. The van der Waals surface area contributed by atoms with Crippen molar-refractivity contribution in [1.29, 1.82) is 0 Å². The summed E-state index contributed by atoms with van der Waals surface area (Å²) in [6, 6.07) is 4.69. The number of nitrogens with one attached hydrogen (secondary N) is 1. The molecule has 0 atom stereocenters. The van der Waals surface area contributed by atoms with Gasteiger partial charge in [-0.3, -0.25) is 14.8 Å². The van der Waals surface area contributed by atoms with Crippen LogP contribution in [0.25, 0.3) is 10.2 Å². The van der Waals surface area contributed by atoms with Crippen molar-refractivity contribution < 1.29 is 13.2 Å². The van der Waals surface area contributed by atoms with Crippen molar-refractivity contribution in [2.75, 3.05) is 11.6 Å². The molecule has 7 nitrogen and oxygen atoms in total. The largest absolute Gasteiger partial charge is 0.296 e. The molecule has 0 unspecified atom stereocenters. The Morgan fingerprint density at radius 2 is 2.09 bits per heavy atom. The van der Waals surface area contributed by atoms with Gasteiger partial charge in [0, 0.05) is 25.1 Å². The molecule has 0 fully saturated rings. The summed E-state index contributed by atoms with van der Waals surface area (Å²) >= 11 is 1.22. The summed E-state index contributed by atoms with van der Waals surface area (Å²) in [6.07, 6.45) is 2.91. The highest BCUT2D eigenvalue weighted by molar-refractivity contribution is 7.90. The van der Waals surface area contributed by atoms with E-state index in [0.29, 0.717) is 21.0 Å². The second kappa shape index (κ2) is 5.43. The van der Waals surface area contributed by atoms with E-state index in [1.54, 1.807) is 37.0 Å². The van der Waals surface area contributed by atoms with Crippen LogP contribution in [0.5, 0.6) is 0 Å². The number of carbonyl (C=O) groups is 1. The van der Waals surface area contributed by atoms with E-state index < -0.39 is 9.84 Å².